The quantitative estimate of drug-likeness (QED) is 0.0341. The molecule has 0 saturated heterocycles. The third kappa shape index (κ3) is 21.7. The maximum absolute atomic E-state index is 13.6. The van der Waals surface area contributed by atoms with Crippen LogP contribution in [0, 0.1) is 39.4 Å². The topological polar surface area (TPSA) is 82.1 Å². The van der Waals surface area contributed by atoms with Crippen LogP contribution in [0.2, 0.25) is 0 Å². The molecule has 7 nitrogen and oxygen atoms in total. The maximum Gasteiger partial charge on any atom is 0.306 e. The number of unbranched alkanes of at least 4 members (excludes halogenated alkanes) is 24. The van der Waals surface area contributed by atoms with Gasteiger partial charge in [-0.25, -0.2) is 0 Å². The molecule has 5 atom stereocenters. The third-order valence-corrected chi connectivity index (χ3v) is 20.7. The number of nitrogens with zero attached hydrogens (tertiary/aromatic N) is 1. The first-order chi connectivity index (χ1) is 37.1. The van der Waals surface area contributed by atoms with Crippen molar-refractivity contribution in [2.45, 2.75) is 343 Å². The van der Waals surface area contributed by atoms with Crippen LogP contribution in [0.4, 0.5) is 0 Å². The van der Waals surface area contributed by atoms with Crippen LogP contribution < -0.4 is 0 Å². The zero-order chi connectivity index (χ0) is 54.6. The van der Waals surface area contributed by atoms with Crippen LogP contribution >= 0.6 is 0 Å². The number of hydrogen-bond donors (Lipinski definition) is 0. The number of fused-ring (bicyclic) bond motifs is 1. The number of esters is 3. The van der Waals surface area contributed by atoms with E-state index in [1.165, 1.54) is 238 Å². The largest absolute Gasteiger partial charge is 0.466 e. The lowest BCUT2D eigenvalue weighted by molar-refractivity contribution is -0.372. The van der Waals surface area contributed by atoms with Gasteiger partial charge in [0.05, 0.1) is 19.8 Å². The zero-order valence-electron chi connectivity index (χ0n) is 51.6. The van der Waals surface area contributed by atoms with Crippen molar-refractivity contribution in [2.75, 3.05) is 39.5 Å². The summed E-state index contributed by atoms with van der Waals surface area (Å²) in [6, 6.07) is 0. The molecular weight excluding hydrogens is 939 g/mol. The number of hydrogen-bond acceptors (Lipinski definition) is 7. The van der Waals surface area contributed by atoms with Crippen molar-refractivity contribution >= 4 is 17.9 Å². The van der Waals surface area contributed by atoms with Crippen LogP contribution in [-0.4, -0.2) is 62.3 Å². The minimum Gasteiger partial charge on any atom is -0.466 e. The van der Waals surface area contributed by atoms with Crippen molar-refractivity contribution in [1.82, 2.24) is 4.90 Å². The van der Waals surface area contributed by atoms with E-state index in [4.69, 9.17) is 14.2 Å². The van der Waals surface area contributed by atoms with Crippen LogP contribution in [0.3, 0.4) is 0 Å². The number of carbonyl (C=O) groups excluding carboxylic acids is 3. The van der Waals surface area contributed by atoms with Crippen LogP contribution in [0.5, 0.6) is 0 Å². The Kier molecular flexibility index (Phi) is 34.2. The van der Waals surface area contributed by atoms with Gasteiger partial charge in [0.25, 0.3) is 0 Å². The summed E-state index contributed by atoms with van der Waals surface area (Å²) in [6.45, 7) is 18.2. The highest BCUT2D eigenvalue weighted by Crippen LogP contribution is 2.98. The third-order valence-electron chi connectivity index (χ3n) is 20.7. The summed E-state index contributed by atoms with van der Waals surface area (Å²) in [7, 11) is 0. The Hall–Kier alpha value is -1.63. The average Bonchev–Trinajstić information content (AvgIpc) is 4.10. The molecule has 0 aromatic carbocycles. The van der Waals surface area contributed by atoms with Gasteiger partial charge in [-0.05, 0) is 162 Å². The first kappa shape index (κ1) is 66.9. The second-order valence-corrected chi connectivity index (χ2v) is 26.5. The van der Waals surface area contributed by atoms with Gasteiger partial charge in [0, 0.05) is 19.3 Å². The summed E-state index contributed by atoms with van der Waals surface area (Å²) in [6.07, 6.45) is 57.2. The Bertz CT molecular complexity index is 1480. The molecular formula is C69H127NO6. The fourth-order valence-electron chi connectivity index (χ4n) is 17.2. The van der Waals surface area contributed by atoms with Gasteiger partial charge in [-0.3, -0.25) is 14.4 Å². The molecule has 0 aromatic heterocycles. The fraction of sp³-hybridized carbons (Fsp3) is 0.957. The lowest BCUT2D eigenvalue weighted by atomic mass is 9.18. The predicted octanol–water partition coefficient (Wildman–Crippen LogP) is 20.2. The van der Waals surface area contributed by atoms with Gasteiger partial charge in [0.2, 0.25) is 0 Å². The molecule has 444 valence electrons. The highest BCUT2D eigenvalue weighted by atomic mass is 16.5. The Balaban J connectivity index is 1.31. The summed E-state index contributed by atoms with van der Waals surface area (Å²) in [5.41, 5.74) is 1.32. The average molecular weight is 1070 g/mol. The minimum absolute atomic E-state index is 0.0373. The van der Waals surface area contributed by atoms with Gasteiger partial charge < -0.3 is 19.1 Å². The first-order valence-electron chi connectivity index (χ1n) is 34.3. The molecule has 0 N–H and O–H groups in total. The van der Waals surface area contributed by atoms with Crippen molar-refractivity contribution in [3.05, 3.63) is 0 Å². The van der Waals surface area contributed by atoms with Crippen molar-refractivity contribution < 1.29 is 28.6 Å². The van der Waals surface area contributed by atoms with Crippen molar-refractivity contribution in [1.29, 1.82) is 0 Å². The van der Waals surface area contributed by atoms with Crippen molar-refractivity contribution in [3.8, 4) is 0 Å². The van der Waals surface area contributed by atoms with Crippen molar-refractivity contribution in [2.24, 2.45) is 39.4 Å². The highest BCUT2D eigenvalue weighted by molar-refractivity contribution is 5.70. The van der Waals surface area contributed by atoms with E-state index in [0.717, 1.165) is 70.5 Å². The molecule has 0 amide bonds. The molecule has 76 heavy (non-hydrogen) atoms. The molecule has 4 fully saturated rings. The molecule has 1 spiro atoms. The molecule has 0 radical (unpaired) electrons. The Morgan fingerprint density at radius 3 is 1.08 bits per heavy atom. The number of ether oxygens (including phenoxy) is 3. The summed E-state index contributed by atoms with van der Waals surface area (Å²) in [5, 5.41) is 0. The maximum atomic E-state index is 13.6. The molecule has 5 unspecified atom stereocenters. The van der Waals surface area contributed by atoms with Gasteiger partial charge in [0.1, 0.15) is 0 Å². The first-order valence-corrected chi connectivity index (χ1v) is 34.3. The monoisotopic (exact) mass is 1070 g/mol. The molecule has 4 aliphatic carbocycles. The summed E-state index contributed by atoms with van der Waals surface area (Å²) in [5.74, 6) is 1.74. The van der Waals surface area contributed by atoms with E-state index in [0.29, 0.717) is 72.6 Å². The second-order valence-electron chi connectivity index (χ2n) is 26.5. The summed E-state index contributed by atoms with van der Waals surface area (Å²) >= 11 is 0. The van der Waals surface area contributed by atoms with E-state index in [9.17, 15) is 14.4 Å². The van der Waals surface area contributed by atoms with Crippen LogP contribution in [-0.2, 0) is 28.6 Å². The predicted molar refractivity (Wildman–Crippen MR) is 321 cm³/mol. The molecule has 7 heteroatoms. The van der Waals surface area contributed by atoms with Gasteiger partial charge >= 0.3 is 17.9 Å². The van der Waals surface area contributed by atoms with E-state index >= 15 is 0 Å². The Labute approximate surface area is 471 Å². The molecule has 0 aromatic rings. The smallest absolute Gasteiger partial charge is 0.306 e. The Morgan fingerprint density at radius 2 is 0.724 bits per heavy atom. The second kappa shape index (κ2) is 38.9. The SMILES string of the molecule is CCCCCCCCCC(CCCCCCCCC)CC(=O)OCCCC12CC3CC4(CCCOC(=O)CCCN(CC)CC)CC(CCCOC(=O)CC(CCCCCCCCC)CCCCCCCCC)(C1)C42C3. The van der Waals surface area contributed by atoms with Crippen LogP contribution in [0.1, 0.15) is 343 Å². The van der Waals surface area contributed by atoms with E-state index in [-0.39, 0.29) is 17.9 Å². The molecule has 0 heterocycles. The van der Waals surface area contributed by atoms with Gasteiger partial charge in [-0.2, -0.15) is 0 Å². The molecule has 4 saturated carbocycles. The Morgan fingerprint density at radius 1 is 0.395 bits per heavy atom. The van der Waals surface area contributed by atoms with E-state index in [2.05, 4.69) is 46.4 Å². The summed E-state index contributed by atoms with van der Waals surface area (Å²) < 4.78 is 18.3. The van der Waals surface area contributed by atoms with E-state index < -0.39 is 0 Å². The zero-order valence-corrected chi connectivity index (χ0v) is 51.6. The molecule has 2 bridgehead atoms. The standard InChI is InChI=1S/C69H127NO6/c1-7-13-17-21-25-29-33-41-60(42-34-30-26-22-18-14-8-2)53-64(72)75-51-39-47-67-56-62-55-66(46-38-50-74-63(71)45-37-49-70(11-5)12-6)58-68(59-67,69(66,67)57-62)48-40-52-76-65(73)54-61(43-35-31-27-23-19-15-9-3)44-36-32-28-24-20-16-10-4/h60-62H,7-59H2,1-6H3. The van der Waals surface area contributed by atoms with Gasteiger partial charge in [0.15, 0.2) is 0 Å². The minimum atomic E-state index is -0.0373. The fourth-order valence-corrected chi connectivity index (χ4v) is 17.2. The number of carbonyl (C=O) groups is 3. The lowest BCUT2D eigenvalue weighted by Gasteiger charge is -2.85. The van der Waals surface area contributed by atoms with Crippen LogP contribution in [0.25, 0.3) is 0 Å². The van der Waals surface area contributed by atoms with Crippen LogP contribution in [0.15, 0.2) is 0 Å². The van der Waals surface area contributed by atoms with Gasteiger partial charge in [-0.15, -0.1) is 0 Å². The van der Waals surface area contributed by atoms with Gasteiger partial charge in [-0.1, -0.05) is 221 Å². The van der Waals surface area contributed by atoms with E-state index in [1.807, 2.05) is 0 Å². The molecule has 0 aliphatic heterocycles. The normalized spacial score (nSPS) is 23.1. The lowest BCUT2D eigenvalue weighted by Crippen LogP contribution is -2.78. The molecule has 4 rings (SSSR count). The van der Waals surface area contributed by atoms with E-state index in [1.54, 1.807) is 0 Å². The summed E-state index contributed by atoms with van der Waals surface area (Å²) in [4.78, 5) is 42.4. The number of rotatable bonds is 54. The van der Waals surface area contributed by atoms with Crippen molar-refractivity contribution in [3.63, 3.8) is 0 Å². The molecule has 4 aliphatic rings. The highest BCUT2D eigenvalue weighted by Gasteiger charge is 2.90.